The summed E-state index contributed by atoms with van der Waals surface area (Å²) in [4.78, 5) is 25.2. The van der Waals surface area contributed by atoms with Crippen molar-refractivity contribution in [2.24, 2.45) is 5.73 Å². The number of amides is 1. The minimum atomic E-state index is -0.432. The van der Waals surface area contributed by atoms with Crippen LogP contribution >= 0.6 is 0 Å². The summed E-state index contributed by atoms with van der Waals surface area (Å²) in [5.74, 6) is -0.463. The first-order valence-corrected chi connectivity index (χ1v) is 6.04. The van der Waals surface area contributed by atoms with Gasteiger partial charge in [0.1, 0.15) is 6.04 Å². The Labute approximate surface area is 102 Å². The maximum Gasteiger partial charge on any atom is 0.328 e. The summed E-state index contributed by atoms with van der Waals surface area (Å²) in [5.41, 5.74) is 5.30. The van der Waals surface area contributed by atoms with Gasteiger partial charge < -0.3 is 15.4 Å². The molecule has 1 unspecified atom stereocenters. The molecule has 1 rings (SSSR count). The van der Waals surface area contributed by atoms with E-state index in [0.717, 1.165) is 12.8 Å². The Kier molecular flexibility index (Phi) is 5.69. The van der Waals surface area contributed by atoms with Crippen LogP contribution < -0.4 is 5.73 Å². The Morgan fingerprint density at radius 2 is 2.24 bits per heavy atom. The third-order valence-corrected chi connectivity index (χ3v) is 2.74. The van der Waals surface area contributed by atoms with E-state index in [1.807, 2.05) is 0 Å². The number of ether oxygens (including phenoxy) is 1. The second kappa shape index (κ2) is 7.06. The average Bonchev–Trinajstić information content (AvgIpc) is 2.36. The van der Waals surface area contributed by atoms with Crippen LogP contribution in [0.2, 0.25) is 0 Å². The predicted molar refractivity (Wildman–Crippen MR) is 64.2 cm³/mol. The molecule has 1 atom stereocenters. The summed E-state index contributed by atoms with van der Waals surface area (Å²) in [5, 5.41) is 0. The molecule has 1 fully saturated rings. The Hall–Kier alpha value is -1.36. The molecule has 0 aliphatic carbocycles. The number of hydrogen-bond acceptors (Lipinski definition) is 4. The highest BCUT2D eigenvalue weighted by Gasteiger charge is 2.31. The SMILES string of the molecule is CCOC(=O)C1CCCCN1C(=O)/C=C/CN. The van der Waals surface area contributed by atoms with Gasteiger partial charge >= 0.3 is 5.97 Å². The molecule has 96 valence electrons. The van der Waals surface area contributed by atoms with Gasteiger partial charge in [0.15, 0.2) is 0 Å². The van der Waals surface area contributed by atoms with E-state index in [1.54, 1.807) is 17.9 Å². The molecule has 1 aliphatic heterocycles. The predicted octanol–water partition coefficient (Wildman–Crippen LogP) is 0.445. The summed E-state index contributed by atoms with van der Waals surface area (Å²) < 4.78 is 4.98. The first kappa shape index (κ1) is 13.7. The Morgan fingerprint density at radius 1 is 1.47 bits per heavy atom. The zero-order valence-corrected chi connectivity index (χ0v) is 10.2. The van der Waals surface area contributed by atoms with Crippen LogP contribution in [0.1, 0.15) is 26.2 Å². The van der Waals surface area contributed by atoms with E-state index in [4.69, 9.17) is 10.5 Å². The summed E-state index contributed by atoms with van der Waals surface area (Å²) in [7, 11) is 0. The van der Waals surface area contributed by atoms with Crippen LogP contribution in [0.3, 0.4) is 0 Å². The van der Waals surface area contributed by atoms with Gasteiger partial charge in [0.05, 0.1) is 6.61 Å². The van der Waals surface area contributed by atoms with Crippen molar-refractivity contribution in [3.63, 3.8) is 0 Å². The van der Waals surface area contributed by atoms with Crippen molar-refractivity contribution in [2.75, 3.05) is 19.7 Å². The van der Waals surface area contributed by atoms with Crippen molar-refractivity contribution in [3.8, 4) is 0 Å². The molecular weight excluding hydrogens is 220 g/mol. The highest BCUT2D eigenvalue weighted by molar-refractivity contribution is 5.91. The van der Waals surface area contributed by atoms with Crippen LogP contribution in [0.15, 0.2) is 12.2 Å². The topological polar surface area (TPSA) is 72.6 Å². The molecular formula is C12H20N2O3. The van der Waals surface area contributed by atoms with Crippen molar-refractivity contribution < 1.29 is 14.3 Å². The van der Waals surface area contributed by atoms with E-state index < -0.39 is 6.04 Å². The molecule has 5 nitrogen and oxygen atoms in total. The monoisotopic (exact) mass is 240 g/mol. The highest BCUT2D eigenvalue weighted by Crippen LogP contribution is 2.18. The largest absolute Gasteiger partial charge is 0.464 e. The van der Waals surface area contributed by atoms with Crippen molar-refractivity contribution in [2.45, 2.75) is 32.2 Å². The van der Waals surface area contributed by atoms with Crippen molar-refractivity contribution in [1.29, 1.82) is 0 Å². The Balaban J connectivity index is 2.68. The fourth-order valence-electron chi connectivity index (χ4n) is 1.94. The third kappa shape index (κ3) is 3.85. The maximum absolute atomic E-state index is 11.9. The summed E-state index contributed by atoms with van der Waals surface area (Å²) in [6.45, 7) is 3.04. The second-order valence-corrected chi connectivity index (χ2v) is 3.93. The highest BCUT2D eigenvalue weighted by atomic mass is 16.5. The number of carbonyl (C=O) groups is 2. The van der Waals surface area contributed by atoms with Crippen LogP contribution in [-0.2, 0) is 14.3 Å². The quantitative estimate of drug-likeness (QED) is 0.572. The number of carbonyl (C=O) groups excluding carboxylic acids is 2. The Bertz CT molecular complexity index is 302. The van der Waals surface area contributed by atoms with Gasteiger partial charge in [-0.05, 0) is 26.2 Å². The van der Waals surface area contributed by atoms with E-state index in [2.05, 4.69) is 0 Å². The van der Waals surface area contributed by atoms with Gasteiger partial charge in [-0.1, -0.05) is 6.08 Å². The van der Waals surface area contributed by atoms with Crippen LogP contribution in [0.5, 0.6) is 0 Å². The first-order chi connectivity index (χ1) is 8.20. The van der Waals surface area contributed by atoms with Gasteiger partial charge in [0.25, 0.3) is 0 Å². The summed E-state index contributed by atoms with van der Waals surface area (Å²) >= 11 is 0. The van der Waals surface area contributed by atoms with Crippen LogP contribution in [-0.4, -0.2) is 42.5 Å². The molecule has 1 saturated heterocycles. The van der Waals surface area contributed by atoms with E-state index in [9.17, 15) is 9.59 Å². The average molecular weight is 240 g/mol. The molecule has 1 heterocycles. The van der Waals surface area contributed by atoms with Crippen molar-refractivity contribution in [1.82, 2.24) is 4.90 Å². The second-order valence-electron chi connectivity index (χ2n) is 3.93. The molecule has 1 amide bonds. The molecule has 5 heteroatoms. The van der Waals surface area contributed by atoms with Gasteiger partial charge in [0.2, 0.25) is 5.91 Å². The lowest BCUT2D eigenvalue weighted by Crippen LogP contribution is -2.48. The normalized spacial score (nSPS) is 20.6. The number of hydrogen-bond donors (Lipinski definition) is 1. The zero-order valence-electron chi connectivity index (χ0n) is 10.2. The summed E-state index contributed by atoms with van der Waals surface area (Å²) in [6.07, 6.45) is 5.59. The van der Waals surface area contributed by atoms with E-state index in [-0.39, 0.29) is 11.9 Å². The number of nitrogens with zero attached hydrogens (tertiary/aromatic N) is 1. The van der Waals surface area contributed by atoms with E-state index in [1.165, 1.54) is 6.08 Å². The molecule has 0 aromatic heterocycles. The van der Waals surface area contributed by atoms with E-state index in [0.29, 0.717) is 26.1 Å². The van der Waals surface area contributed by atoms with Crippen molar-refractivity contribution in [3.05, 3.63) is 12.2 Å². The number of piperidine rings is 1. The lowest BCUT2D eigenvalue weighted by atomic mass is 10.0. The van der Waals surface area contributed by atoms with Crippen LogP contribution in [0.4, 0.5) is 0 Å². The van der Waals surface area contributed by atoms with Gasteiger partial charge in [-0.3, -0.25) is 4.79 Å². The molecule has 0 radical (unpaired) electrons. The van der Waals surface area contributed by atoms with Gasteiger partial charge in [0, 0.05) is 19.2 Å². The summed E-state index contributed by atoms with van der Waals surface area (Å²) in [6, 6.07) is -0.432. The van der Waals surface area contributed by atoms with Crippen molar-refractivity contribution >= 4 is 11.9 Å². The smallest absolute Gasteiger partial charge is 0.328 e. The standard InChI is InChI=1S/C12H20N2O3/c1-2-17-12(16)10-6-3-4-9-14(10)11(15)7-5-8-13/h5,7,10H,2-4,6,8-9,13H2,1H3/b7-5+. The lowest BCUT2D eigenvalue weighted by molar-refractivity contribution is -0.155. The molecule has 17 heavy (non-hydrogen) atoms. The van der Waals surface area contributed by atoms with E-state index >= 15 is 0 Å². The molecule has 0 aromatic carbocycles. The number of esters is 1. The van der Waals surface area contributed by atoms with Gasteiger partial charge in [-0.25, -0.2) is 4.79 Å². The number of rotatable bonds is 4. The minimum absolute atomic E-state index is 0.159. The molecule has 0 saturated carbocycles. The van der Waals surface area contributed by atoms with Gasteiger partial charge in [-0.2, -0.15) is 0 Å². The van der Waals surface area contributed by atoms with Crippen LogP contribution in [0.25, 0.3) is 0 Å². The molecule has 0 aromatic rings. The molecule has 0 spiro atoms. The maximum atomic E-state index is 11.9. The first-order valence-electron chi connectivity index (χ1n) is 6.04. The lowest BCUT2D eigenvalue weighted by Gasteiger charge is -2.33. The number of likely N-dealkylation sites (tertiary alicyclic amines) is 1. The van der Waals surface area contributed by atoms with Gasteiger partial charge in [-0.15, -0.1) is 0 Å². The fourth-order valence-corrected chi connectivity index (χ4v) is 1.94. The molecule has 1 aliphatic rings. The molecule has 0 bridgehead atoms. The Morgan fingerprint density at radius 3 is 2.88 bits per heavy atom. The van der Waals surface area contributed by atoms with Crippen LogP contribution in [0, 0.1) is 0 Å². The fraction of sp³-hybridized carbons (Fsp3) is 0.667. The third-order valence-electron chi connectivity index (χ3n) is 2.74. The minimum Gasteiger partial charge on any atom is -0.464 e. The molecule has 2 N–H and O–H groups in total. The zero-order chi connectivity index (χ0) is 12.7. The number of nitrogens with two attached hydrogens (primary N) is 1.